The summed E-state index contributed by atoms with van der Waals surface area (Å²) >= 11 is 12.7. The number of hydrogen-bond donors (Lipinski definition) is 0. The molecule has 27 heavy (non-hydrogen) atoms. The van der Waals surface area contributed by atoms with E-state index in [1.54, 1.807) is 6.07 Å². The van der Waals surface area contributed by atoms with Gasteiger partial charge in [-0.3, -0.25) is 9.91 Å². The van der Waals surface area contributed by atoms with Gasteiger partial charge in [-0.2, -0.15) is 5.01 Å². The molecule has 3 aromatic rings. The predicted octanol–water partition coefficient (Wildman–Crippen LogP) is 5.71. The zero-order valence-electron chi connectivity index (χ0n) is 14.5. The molecule has 4 nitrogen and oxygen atoms in total. The largest absolute Gasteiger partial charge is 0.340 e. The SMILES string of the molecule is O=C1N(c2cccc3ccccc23)[C@H](c2ccc(Cl)cc2Cl)N2CCCN12. The molecule has 2 amide bonds. The lowest BCUT2D eigenvalue weighted by atomic mass is 10.1. The van der Waals surface area contributed by atoms with E-state index in [1.807, 2.05) is 46.3 Å². The van der Waals surface area contributed by atoms with E-state index in [0.717, 1.165) is 41.5 Å². The predicted molar refractivity (Wildman–Crippen MR) is 109 cm³/mol. The first kappa shape index (κ1) is 16.9. The van der Waals surface area contributed by atoms with E-state index in [-0.39, 0.29) is 12.2 Å². The summed E-state index contributed by atoms with van der Waals surface area (Å²) in [5, 5.41) is 7.25. The van der Waals surface area contributed by atoms with Gasteiger partial charge in [0.2, 0.25) is 0 Å². The molecule has 0 aromatic heterocycles. The fourth-order valence-electron chi connectivity index (χ4n) is 4.12. The smallest absolute Gasteiger partial charge is 0.270 e. The number of amides is 2. The summed E-state index contributed by atoms with van der Waals surface area (Å²) in [5.41, 5.74) is 1.77. The van der Waals surface area contributed by atoms with E-state index in [0.29, 0.717) is 10.0 Å². The van der Waals surface area contributed by atoms with Gasteiger partial charge in [-0.05, 0) is 30.0 Å². The Labute approximate surface area is 167 Å². The standard InChI is InChI=1S/C21H17Cl2N3O/c22-15-9-10-17(18(23)13-15)20-24-11-4-12-25(24)21(27)26(20)19-8-3-6-14-5-1-2-7-16(14)19/h1-3,5-10,13,20H,4,11-12H2/t20-/m1/s1. The van der Waals surface area contributed by atoms with E-state index in [2.05, 4.69) is 23.2 Å². The Morgan fingerprint density at radius 1 is 0.926 bits per heavy atom. The van der Waals surface area contributed by atoms with E-state index < -0.39 is 0 Å². The second-order valence-electron chi connectivity index (χ2n) is 6.83. The second kappa shape index (κ2) is 6.41. The number of carbonyl (C=O) groups excluding carboxylic acids is 1. The van der Waals surface area contributed by atoms with Gasteiger partial charge in [0.15, 0.2) is 0 Å². The molecule has 2 aliphatic heterocycles. The molecule has 0 unspecified atom stereocenters. The first-order chi connectivity index (χ1) is 13.1. The minimum atomic E-state index is -0.282. The molecule has 0 spiro atoms. The molecule has 3 aromatic carbocycles. The van der Waals surface area contributed by atoms with Crippen LogP contribution in [-0.2, 0) is 0 Å². The highest BCUT2D eigenvalue weighted by molar-refractivity contribution is 6.35. The molecule has 2 heterocycles. The molecule has 0 aliphatic carbocycles. The Morgan fingerprint density at radius 2 is 1.74 bits per heavy atom. The van der Waals surface area contributed by atoms with Gasteiger partial charge in [-0.1, -0.05) is 65.7 Å². The van der Waals surface area contributed by atoms with E-state index in [1.165, 1.54) is 0 Å². The van der Waals surface area contributed by atoms with Crippen LogP contribution in [0.3, 0.4) is 0 Å². The normalized spacial score (nSPS) is 19.9. The topological polar surface area (TPSA) is 26.8 Å². The molecule has 6 heteroatoms. The summed E-state index contributed by atoms with van der Waals surface area (Å²) in [4.78, 5) is 15.2. The number of nitrogens with zero attached hydrogens (tertiary/aromatic N) is 3. The fourth-order valence-corrected chi connectivity index (χ4v) is 4.62. The van der Waals surface area contributed by atoms with Crippen LogP contribution in [0.4, 0.5) is 10.5 Å². The van der Waals surface area contributed by atoms with Crippen molar-refractivity contribution < 1.29 is 4.79 Å². The van der Waals surface area contributed by atoms with Gasteiger partial charge in [0.05, 0.1) is 5.69 Å². The number of rotatable bonds is 2. The zero-order valence-corrected chi connectivity index (χ0v) is 16.0. The summed E-state index contributed by atoms with van der Waals surface area (Å²) < 4.78 is 0. The molecule has 1 atom stereocenters. The van der Waals surface area contributed by atoms with Crippen LogP contribution in [0.15, 0.2) is 60.7 Å². The number of anilines is 1. The third-order valence-electron chi connectivity index (χ3n) is 5.29. The van der Waals surface area contributed by atoms with Crippen molar-refractivity contribution in [3.8, 4) is 0 Å². The number of halogens is 2. The third kappa shape index (κ3) is 2.59. The number of hydrazine groups is 1. The maximum Gasteiger partial charge on any atom is 0.340 e. The Kier molecular flexibility index (Phi) is 4.01. The van der Waals surface area contributed by atoms with E-state index in [4.69, 9.17) is 23.2 Å². The Balaban J connectivity index is 1.72. The van der Waals surface area contributed by atoms with Crippen molar-refractivity contribution >= 4 is 45.7 Å². The molecule has 2 saturated heterocycles. The van der Waals surface area contributed by atoms with Crippen molar-refractivity contribution in [2.75, 3.05) is 18.0 Å². The van der Waals surface area contributed by atoms with Gasteiger partial charge in [0.1, 0.15) is 6.17 Å². The molecule has 136 valence electrons. The van der Waals surface area contributed by atoms with Crippen molar-refractivity contribution in [3.05, 3.63) is 76.3 Å². The highest BCUT2D eigenvalue weighted by Crippen LogP contribution is 2.44. The van der Waals surface area contributed by atoms with Crippen LogP contribution >= 0.6 is 23.2 Å². The summed E-state index contributed by atoms with van der Waals surface area (Å²) in [7, 11) is 0. The minimum Gasteiger partial charge on any atom is -0.270 e. The van der Waals surface area contributed by atoms with Gasteiger partial charge < -0.3 is 0 Å². The van der Waals surface area contributed by atoms with Crippen LogP contribution in [0.2, 0.25) is 10.0 Å². The monoisotopic (exact) mass is 397 g/mol. The molecule has 0 bridgehead atoms. The summed E-state index contributed by atoms with van der Waals surface area (Å²) in [6.45, 7) is 1.54. The summed E-state index contributed by atoms with van der Waals surface area (Å²) in [6, 6.07) is 19.6. The summed E-state index contributed by atoms with van der Waals surface area (Å²) in [5.74, 6) is 0. The van der Waals surface area contributed by atoms with Crippen molar-refractivity contribution in [3.63, 3.8) is 0 Å². The van der Waals surface area contributed by atoms with Crippen LogP contribution in [-0.4, -0.2) is 29.1 Å². The first-order valence-electron chi connectivity index (χ1n) is 8.95. The molecular weight excluding hydrogens is 381 g/mol. The molecule has 5 rings (SSSR count). The van der Waals surface area contributed by atoms with Gasteiger partial charge in [0, 0.05) is 34.1 Å². The zero-order chi connectivity index (χ0) is 18.5. The second-order valence-corrected chi connectivity index (χ2v) is 7.67. The molecule has 0 saturated carbocycles. The number of fused-ring (bicyclic) bond motifs is 2. The number of benzene rings is 3. The highest BCUT2D eigenvalue weighted by Gasteiger charge is 2.48. The number of hydrogen-bond acceptors (Lipinski definition) is 2. The minimum absolute atomic E-state index is 0.0140. The lowest BCUT2D eigenvalue weighted by Crippen LogP contribution is -2.32. The Bertz CT molecular complexity index is 1050. The Morgan fingerprint density at radius 3 is 2.59 bits per heavy atom. The van der Waals surface area contributed by atoms with Crippen molar-refractivity contribution in [1.82, 2.24) is 10.0 Å². The third-order valence-corrected chi connectivity index (χ3v) is 5.85. The van der Waals surface area contributed by atoms with Crippen LogP contribution < -0.4 is 4.90 Å². The Hall–Kier alpha value is -2.27. The van der Waals surface area contributed by atoms with E-state index >= 15 is 0 Å². The molecule has 2 aliphatic rings. The molecule has 0 radical (unpaired) electrons. The van der Waals surface area contributed by atoms with Gasteiger partial charge in [-0.15, -0.1) is 0 Å². The lowest BCUT2D eigenvalue weighted by Gasteiger charge is -2.29. The maximum atomic E-state index is 13.3. The van der Waals surface area contributed by atoms with Crippen molar-refractivity contribution in [1.29, 1.82) is 0 Å². The van der Waals surface area contributed by atoms with Crippen LogP contribution in [0.5, 0.6) is 0 Å². The van der Waals surface area contributed by atoms with Crippen LogP contribution in [0, 0.1) is 0 Å². The highest BCUT2D eigenvalue weighted by atomic mass is 35.5. The average Bonchev–Trinajstić information content (AvgIpc) is 3.24. The molecular formula is C21H17Cl2N3O. The van der Waals surface area contributed by atoms with Crippen molar-refractivity contribution in [2.24, 2.45) is 0 Å². The molecule has 0 N–H and O–H groups in total. The van der Waals surface area contributed by atoms with Crippen LogP contribution in [0.25, 0.3) is 10.8 Å². The fraction of sp³-hybridized carbons (Fsp3) is 0.190. The quantitative estimate of drug-likeness (QED) is 0.553. The molecule has 2 fully saturated rings. The number of carbonyl (C=O) groups is 1. The van der Waals surface area contributed by atoms with E-state index in [9.17, 15) is 4.79 Å². The van der Waals surface area contributed by atoms with Gasteiger partial charge in [-0.25, -0.2) is 4.79 Å². The van der Waals surface area contributed by atoms with Gasteiger partial charge in [0.25, 0.3) is 0 Å². The number of urea groups is 1. The van der Waals surface area contributed by atoms with Crippen molar-refractivity contribution in [2.45, 2.75) is 12.6 Å². The first-order valence-corrected chi connectivity index (χ1v) is 9.71. The van der Waals surface area contributed by atoms with Crippen LogP contribution in [0.1, 0.15) is 18.2 Å². The van der Waals surface area contributed by atoms with Gasteiger partial charge >= 0.3 is 6.03 Å². The summed E-state index contributed by atoms with van der Waals surface area (Å²) in [6.07, 6.45) is 0.673. The lowest BCUT2D eigenvalue weighted by molar-refractivity contribution is 0.0728. The maximum absolute atomic E-state index is 13.3. The average molecular weight is 398 g/mol.